The number of nitro benzene ring substituents is 1. The molecule has 106 valence electrons. The van der Waals surface area contributed by atoms with E-state index in [0.29, 0.717) is 6.04 Å². The Hall–Kier alpha value is -1.78. The van der Waals surface area contributed by atoms with Crippen molar-refractivity contribution in [3.63, 3.8) is 0 Å². The predicted octanol–water partition coefficient (Wildman–Crippen LogP) is 3.98. The lowest BCUT2D eigenvalue weighted by atomic mass is 10.1. The van der Waals surface area contributed by atoms with Crippen LogP contribution in [-0.4, -0.2) is 18.1 Å². The molecule has 0 radical (unpaired) electrons. The van der Waals surface area contributed by atoms with Crippen LogP contribution in [0, 0.1) is 10.1 Å². The van der Waals surface area contributed by atoms with Crippen molar-refractivity contribution >= 4 is 11.4 Å². The van der Waals surface area contributed by atoms with Gasteiger partial charge in [0.1, 0.15) is 0 Å². The van der Waals surface area contributed by atoms with Gasteiger partial charge in [0.15, 0.2) is 5.75 Å². The Kier molecular flexibility index (Phi) is 6.12. The van der Waals surface area contributed by atoms with Crippen molar-refractivity contribution in [2.24, 2.45) is 0 Å². The summed E-state index contributed by atoms with van der Waals surface area (Å²) in [6.07, 6.45) is 4.72. The van der Waals surface area contributed by atoms with E-state index in [1.54, 1.807) is 12.1 Å². The Bertz CT molecular complexity index is 421. The van der Waals surface area contributed by atoms with Gasteiger partial charge in [-0.1, -0.05) is 26.2 Å². The minimum absolute atomic E-state index is 0.00770. The fraction of sp³-hybridized carbons (Fsp3) is 0.571. The van der Waals surface area contributed by atoms with Crippen LogP contribution < -0.4 is 10.1 Å². The molecule has 0 amide bonds. The third-order valence-electron chi connectivity index (χ3n) is 3.03. The van der Waals surface area contributed by atoms with Crippen molar-refractivity contribution in [2.45, 2.75) is 45.6 Å². The van der Waals surface area contributed by atoms with Gasteiger partial charge >= 0.3 is 5.69 Å². The molecule has 0 fully saturated rings. The third kappa shape index (κ3) is 4.77. The molecule has 1 aromatic rings. The van der Waals surface area contributed by atoms with Crippen molar-refractivity contribution in [2.75, 3.05) is 12.4 Å². The maximum atomic E-state index is 10.8. The van der Waals surface area contributed by atoms with Gasteiger partial charge in [0, 0.05) is 23.9 Å². The van der Waals surface area contributed by atoms with Gasteiger partial charge in [-0.15, -0.1) is 0 Å². The summed E-state index contributed by atoms with van der Waals surface area (Å²) in [6.45, 7) is 4.29. The van der Waals surface area contributed by atoms with Gasteiger partial charge in [-0.25, -0.2) is 0 Å². The number of ether oxygens (including phenoxy) is 1. The molecule has 0 saturated carbocycles. The summed E-state index contributed by atoms with van der Waals surface area (Å²) in [7, 11) is 1.44. The number of hydrogen-bond acceptors (Lipinski definition) is 4. The van der Waals surface area contributed by atoms with Gasteiger partial charge in [0.25, 0.3) is 0 Å². The van der Waals surface area contributed by atoms with Crippen molar-refractivity contribution in [3.8, 4) is 5.75 Å². The van der Waals surface area contributed by atoms with Gasteiger partial charge < -0.3 is 10.1 Å². The molecule has 5 heteroatoms. The van der Waals surface area contributed by atoms with Gasteiger partial charge in [-0.05, 0) is 19.4 Å². The number of hydrogen-bond donors (Lipinski definition) is 1. The van der Waals surface area contributed by atoms with E-state index in [-0.39, 0.29) is 11.4 Å². The summed E-state index contributed by atoms with van der Waals surface area (Å²) < 4.78 is 5.05. The Labute approximate surface area is 114 Å². The van der Waals surface area contributed by atoms with Crippen LogP contribution in [0.25, 0.3) is 0 Å². The van der Waals surface area contributed by atoms with Crippen molar-refractivity contribution in [3.05, 3.63) is 28.3 Å². The Morgan fingerprint density at radius 1 is 1.42 bits per heavy atom. The summed E-state index contributed by atoms with van der Waals surface area (Å²) in [4.78, 5) is 10.4. The van der Waals surface area contributed by atoms with E-state index in [1.165, 1.54) is 32.4 Å². The summed E-state index contributed by atoms with van der Waals surface area (Å²) in [5.41, 5.74) is 0.845. The Balaban J connectivity index is 2.66. The summed E-state index contributed by atoms with van der Waals surface area (Å²) in [5, 5.41) is 14.1. The summed E-state index contributed by atoms with van der Waals surface area (Å²) in [5.74, 6) is 0.288. The topological polar surface area (TPSA) is 64.4 Å². The highest BCUT2D eigenvalue weighted by Crippen LogP contribution is 2.30. The fourth-order valence-corrected chi connectivity index (χ4v) is 1.98. The maximum absolute atomic E-state index is 10.8. The van der Waals surface area contributed by atoms with Crippen LogP contribution >= 0.6 is 0 Å². The molecule has 1 N–H and O–H groups in total. The molecule has 0 heterocycles. The molecule has 5 nitrogen and oxygen atoms in total. The van der Waals surface area contributed by atoms with E-state index >= 15 is 0 Å². The minimum atomic E-state index is -0.437. The van der Waals surface area contributed by atoms with Crippen LogP contribution in [-0.2, 0) is 0 Å². The molecular weight excluding hydrogens is 244 g/mol. The van der Waals surface area contributed by atoms with Crippen molar-refractivity contribution in [1.82, 2.24) is 0 Å². The second-order valence-corrected chi connectivity index (χ2v) is 4.68. The molecule has 1 unspecified atom stereocenters. The molecule has 1 atom stereocenters. The molecule has 0 bridgehead atoms. The van der Waals surface area contributed by atoms with Gasteiger partial charge in [-0.2, -0.15) is 0 Å². The molecule has 0 spiro atoms. The zero-order valence-electron chi connectivity index (χ0n) is 11.8. The maximum Gasteiger partial charge on any atom is 0.311 e. The first-order valence-electron chi connectivity index (χ1n) is 6.67. The highest BCUT2D eigenvalue weighted by atomic mass is 16.6. The average molecular weight is 266 g/mol. The zero-order chi connectivity index (χ0) is 14.3. The highest BCUT2D eigenvalue weighted by Gasteiger charge is 2.15. The lowest BCUT2D eigenvalue weighted by molar-refractivity contribution is -0.385. The number of benzene rings is 1. The smallest absolute Gasteiger partial charge is 0.311 e. The molecule has 0 aliphatic heterocycles. The summed E-state index contributed by atoms with van der Waals surface area (Å²) >= 11 is 0. The predicted molar refractivity (Wildman–Crippen MR) is 76.9 cm³/mol. The number of unbranched alkanes of at least 4 members (excludes halogenated alkanes) is 2. The number of methoxy groups -OCH3 is 1. The second kappa shape index (κ2) is 7.61. The first kappa shape index (κ1) is 15.3. The molecule has 1 rings (SSSR count). The molecular formula is C14H22N2O3. The van der Waals surface area contributed by atoms with E-state index in [4.69, 9.17) is 4.74 Å². The Morgan fingerprint density at radius 2 is 2.16 bits per heavy atom. The molecule has 0 aliphatic rings. The van der Waals surface area contributed by atoms with E-state index in [9.17, 15) is 10.1 Å². The van der Waals surface area contributed by atoms with Crippen LogP contribution in [0.1, 0.15) is 39.5 Å². The lowest BCUT2D eigenvalue weighted by Crippen LogP contribution is -2.14. The largest absolute Gasteiger partial charge is 0.490 e. The average Bonchev–Trinajstić information content (AvgIpc) is 2.38. The van der Waals surface area contributed by atoms with Gasteiger partial charge in [-0.3, -0.25) is 10.1 Å². The van der Waals surface area contributed by atoms with Gasteiger partial charge in [0.05, 0.1) is 12.0 Å². The zero-order valence-corrected chi connectivity index (χ0v) is 11.8. The number of nitro groups is 1. The quantitative estimate of drug-likeness (QED) is 0.439. The van der Waals surface area contributed by atoms with Crippen LogP contribution in [0.15, 0.2) is 18.2 Å². The highest BCUT2D eigenvalue weighted by molar-refractivity contribution is 5.58. The van der Waals surface area contributed by atoms with Crippen LogP contribution in [0.5, 0.6) is 5.75 Å². The molecule has 19 heavy (non-hydrogen) atoms. The molecule has 0 saturated heterocycles. The number of nitrogens with zero attached hydrogens (tertiary/aromatic N) is 1. The van der Waals surface area contributed by atoms with Crippen molar-refractivity contribution < 1.29 is 9.66 Å². The lowest BCUT2D eigenvalue weighted by Gasteiger charge is -2.15. The first-order chi connectivity index (χ1) is 9.08. The number of rotatable bonds is 8. The van der Waals surface area contributed by atoms with E-state index in [2.05, 4.69) is 19.2 Å². The third-order valence-corrected chi connectivity index (χ3v) is 3.03. The second-order valence-electron chi connectivity index (χ2n) is 4.68. The first-order valence-corrected chi connectivity index (χ1v) is 6.67. The normalized spacial score (nSPS) is 11.9. The van der Waals surface area contributed by atoms with E-state index < -0.39 is 4.92 Å². The van der Waals surface area contributed by atoms with Crippen LogP contribution in [0.2, 0.25) is 0 Å². The van der Waals surface area contributed by atoms with Gasteiger partial charge in [0.2, 0.25) is 0 Å². The minimum Gasteiger partial charge on any atom is -0.490 e. The Morgan fingerprint density at radius 3 is 2.74 bits per heavy atom. The number of nitrogens with one attached hydrogen (secondary N) is 1. The number of anilines is 1. The fourth-order valence-electron chi connectivity index (χ4n) is 1.98. The van der Waals surface area contributed by atoms with Crippen LogP contribution in [0.4, 0.5) is 11.4 Å². The van der Waals surface area contributed by atoms with Crippen molar-refractivity contribution in [1.29, 1.82) is 0 Å². The van der Waals surface area contributed by atoms with E-state index in [1.807, 2.05) is 0 Å². The molecule has 0 aliphatic carbocycles. The van der Waals surface area contributed by atoms with Crippen LogP contribution in [0.3, 0.4) is 0 Å². The molecule has 0 aromatic heterocycles. The SMILES string of the molecule is CCCCCC(C)Nc1ccc([N+](=O)[O-])c(OC)c1. The monoisotopic (exact) mass is 266 g/mol. The van der Waals surface area contributed by atoms with E-state index in [0.717, 1.165) is 12.1 Å². The summed E-state index contributed by atoms with van der Waals surface area (Å²) in [6, 6.07) is 5.21. The molecule has 1 aromatic carbocycles. The standard InChI is InChI=1S/C14H22N2O3/c1-4-5-6-7-11(2)15-12-8-9-13(16(17)18)14(10-12)19-3/h8-11,15H,4-7H2,1-3H3.